The first-order valence-corrected chi connectivity index (χ1v) is 13.6. The molecule has 2 aromatic heterocycles. The molecule has 8 nitrogen and oxygen atoms in total. The van der Waals surface area contributed by atoms with Crippen LogP contribution >= 0.6 is 0 Å². The van der Waals surface area contributed by atoms with Crippen LogP contribution in [0.1, 0.15) is 51.6 Å². The van der Waals surface area contributed by atoms with Crippen LogP contribution in [0.2, 0.25) is 0 Å². The summed E-state index contributed by atoms with van der Waals surface area (Å²) in [6, 6.07) is 15.6. The molecule has 210 valence electrons. The third-order valence-corrected chi connectivity index (χ3v) is 7.76. The number of morpholine rings is 1. The van der Waals surface area contributed by atoms with E-state index in [1.165, 1.54) is 12.1 Å². The lowest BCUT2D eigenvalue weighted by atomic mass is 9.97. The molecule has 6 rings (SSSR count). The molecule has 1 fully saturated rings. The number of hydrogen-bond donors (Lipinski definition) is 1. The zero-order valence-corrected chi connectivity index (χ0v) is 23.4. The van der Waals surface area contributed by atoms with Gasteiger partial charge in [-0.05, 0) is 81.3 Å². The van der Waals surface area contributed by atoms with E-state index in [0.717, 1.165) is 33.1 Å². The smallest absolute Gasteiger partial charge is 0.254 e. The van der Waals surface area contributed by atoms with Crippen molar-refractivity contribution in [2.45, 2.75) is 46.4 Å². The molecular weight excluding hydrogens is 523 g/mol. The van der Waals surface area contributed by atoms with E-state index in [2.05, 4.69) is 9.72 Å². The van der Waals surface area contributed by atoms with Gasteiger partial charge in [0.25, 0.3) is 5.91 Å². The van der Waals surface area contributed by atoms with Crippen LogP contribution in [0.3, 0.4) is 0 Å². The number of carbonyl (C=O) groups excluding carboxylic acids is 2. The maximum atomic E-state index is 13.7. The van der Waals surface area contributed by atoms with E-state index >= 15 is 0 Å². The molecule has 3 heterocycles. The predicted octanol–water partition coefficient (Wildman–Crippen LogP) is 5.60. The second-order valence-electron chi connectivity index (χ2n) is 10.9. The normalized spacial score (nSPS) is 17.4. The molecule has 41 heavy (non-hydrogen) atoms. The summed E-state index contributed by atoms with van der Waals surface area (Å²) in [6.07, 6.45) is -0.124. The number of ether oxygens (including phenoxy) is 1. The zero-order valence-electron chi connectivity index (χ0n) is 23.4. The Hall–Kier alpha value is -4.50. The number of halogens is 1. The average Bonchev–Trinajstić information content (AvgIpc) is 3.43. The van der Waals surface area contributed by atoms with Crippen LogP contribution in [0.15, 0.2) is 59.1 Å². The number of rotatable bonds is 5. The molecule has 2 amide bonds. The fourth-order valence-corrected chi connectivity index (χ4v) is 6.06. The molecule has 0 unspecified atom stereocenters. The molecule has 1 aliphatic heterocycles. The lowest BCUT2D eigenvalue weighted by molar-refractivity contribution is -0.0586. The molecule has 0 spiro atoms. The standard InChI is InChI=1S/C32H31FN4O4/c1-17-14-36(15-18(2)40-17)32(39)22-7-10-27-25(11-22)30-26(31(34)38)12-23(29-19(3)35-41-20(29)4)13-28(30)37(27)16-21-5-8-24(33)9-6-21/h5-13,17-18H,14-16H2,1-4H3,(H2,34,38)/t17-,18+. The van der Waals surface area contributed by atoms with E-state index in [-0.39, 0.29) is 23.9 Å². The van der Waals surface area contributed by atoms with Gasteiger partial charge in [-0.2, -0.15) is 0 Å². The summed E-state index contributed by atoms with van der Waals surface area (Å²) in [4.78, 5) is 28.4. The summed E-state index contributed by atoms with van der Waals surface area (Å²) in [5.74, 6) is -0.374. The lowest BCUT2D eigenvalue weighted by Crippen LogP contribution is -2.48. The van der Waals surface area contributed by atoms with Crippen molar-refractivity contribution in [2.75, 3.05) is 13.1 Å². The second-order valence-corrected chi connectivity index (χ2v) is 10.9. The monoisotopic (exact) mass is 554 g/mol. The van der Waals surface area contributed by atoms with Crippen LogP contribution in [0.25, 0.3) is 32.9 Å². The number of fused-ring (bicyclic) bond motifs is 3. The third-order valence-electron chi connectivity index (χ3n) is 7.76. The number of hydrogen-bond acceptors (Lipinski definition) is 5. The Kier molecular flexibility index (Phi) is 6.62. The van der Waals surface area contributed by atoms with Gasteiger partial charge in [0.2, 0.25) is 5.91 Å². The van der Waals surface area contributed by atoms with Gasteiger partial charge in [-0.25, -0.2) is 4.39 Å². The van der Waals surface area contributed by atoms with Gasteiger partial charge >= 0.3 is 0 Å². The topological polar surface area (TPSA) is 104 Å². The van der Waals surface area contributed by atoms with Gasteiger partial charge in [0.05, 0.1) is 23.4 Å². The largest absolute Gasteiger partial charge is 0.372 e. The summed E-state index contributed by atoms with van der Waals surface area (Å²) in [5, 5.41) is 5.48. The average molecular weight is 555 g/mol. The Morgan fingerprint density at radius 2 is 1.71 bits per heavy atom. The maximum absolute atomic E-state index is 13.7. The molecule has 1 saturated heterocycles. The fourth-order valence-electron chi connectivity index (χ4n) is 6.06. The highest BCUT2D eigenvalue weighted by Crippen LogP contribution is 2.38. The molecular formula is C32H31FN4O4. The first-order chi connectivity index (χ1) is 19.6. The van der Waals surface area contributed by atoms with Crippen LogP contribution in [-0.2, 0) is 11.3 Å². The second kappa shape index (κ2) is 10.2. The van der Waals surface area contributed by atoms with E-state index < -0.39 is 5.91 Å². The van der Waals surface area contributed by atoms with Crippen molar-refractivity contribution in [1.29, 1.82) is 0 Å². The van der Waals surface area contributed by atoms with Crippen molar-refractivity contribution < 1.29 is 23.2 Å². The zero-order chi connectivity index (χ0) is 29.0. The summed E-state index contributed by atoms with van der Waals surface area (Å²) in [6.45, 7) is 8.99. The number of carbonyl (C=O) groups is 2. The van der Waals surface area contributed by atoms with Gasteiger partial charge in [0.1, 0.15) is 11.6 Å². The molecule has 0 bridgehead atoms. The first-order valence-electron chi connectivity index (χ1n) is 13.6. The molecule has 0 radical (unpaired) electrons. The molecule has 2 N–H and O–H groups in total. The summed E-state index contributed by atoms with van der Waals surface area (Å²) >= 11 is 0. The lowest BCUT2D eigenvalue weighted by Gasteiger charge is -2.35. The van der Waals surface area contributed by atoms with E-state index in [1.54, 1.807) is 18.2 Å². The molecule has 1 aliphatic rings. The highest BCUT2D eigenvalue weighted by atomic mass is 19.1. The molecule has 5 aromatic rings. The molecule has 9 heteroatoms. The van der Waals surface area contributed by atoms with Crippen molar-refractivity contribution in [1.82, 2.24) is 14.6 Å². The van der Waals surface area contributed by atoms with Gasteiger partial charge in [-0.15, -0.1) is 0 Å². The number of amides is 2. The highest BCUT2D eigenvalue weighted by molar-refractivity contribution is 6.20. The van der Waals surface area contributed by atoms with Gasteiger partial charge in [-0.1, -0.05) is 17.3 Å². The number of nitrogens with zero attached hydrogens (tertiary/aromatic N) is 3. The third kappa shape index (κ3) is 4.76. The maximum Gasteiger partial charge on any atom is 0.254 e. The first kappa shape index (κ1) is 26.7. The number of nitrogens with two attached hydrogens (primary N) is 1. The number of primary amides is 1. The Bertz CT molecular complexity index is 1790. The Morgan fingerprint density at radius 1 is 1.00 bits per heavy atom. The van der Waals surface area contributed by atoms with Crippen LogP contribution < -0.4 is 5.73 Å². The summed E-state index contributed by atoms with van der Waals surface area (Å²) < 4.78 is 27.0. The van der Waals surface area contributed by atoms with Crippen molar-refractivity contribution >= 4 is 33.6 Å². The highest BCUT2D eigenvalue weighted by Gasteiger charge is 2.28. The van der Waals surface area contributed by atoms with Crippen molar-refractivity contribution in [3.8, 4) is 11.1 Å². The van der Waals surface area contributed by atoms with Gasteiger partial charge in [0.15, 0.2) is 0 Å². The Balaban J connectivity index is 1.59. The van der Waals surface area contributed by atoms with E-state index in [0.29, 0.717) is 47.6 Å². The van der Waals surface area contributed by atoms with Crippen LogP contribution in [-0.4, -0.2) is 51.7 Å². The van der Waals surface area contributed by atoms with Crippen molar-refractivity contribution in [3.63, 3.8) is 0 Å². The van der Waals surface area contributed by atoms with Gasteiger partial charge < -0.3 is 24.5 Å². The minimum atomic E-state index is -0.586. The molecule has 0 aliphatic carbocycles. The fraction of sp³-hybridized carbons (Fsp3) is 0.281. The number of aryl methyl sites for hydroxylation is 2. The van der Waals surface area contributed by atoms with Crippen LogP contribution in [0.4, 0.5) is 4.39 Å². The van der Waals surface area contributed by atoms with Crippen LogP contribution in [0, 0.1) is 19.7 Å². The summed E-state index contributed by atoms with van der Waals surface area (Å²) in [5.41, 5.74) is 11.5. The number of aromatic nitrogens is 2. The molecule has 0 saturated carbocycles. The molecule has 2 atom stereocenters. The SMILES string of the molecule is Cc1noc(C)c1-c1cc(C(N)=O)c2c3cc(C(=O)N4C[C@@H](C)O[C@@H](C)C4)ccc3n(Cc3ccc(F)cc3)c2c1. The summed E-state index contributed by atoms with van der Waals surface area (Å²) in [7, 11) is 0. The van der Waals surface area contributed by atoms with Gasteiger partial charge in [-0.3, -0.25) is 9.59 Å². The Morgan fingerprint density at radius 3 is 2.34 bits per heavy atom. The Labute approximate surface area is 236 Å². The van der Waals surface area contributed by atoms with E-state index in [4.69, 9.17) is 15.0 Å². The van der Waals surface area contributed by atoms with E-state index in [9.17, 15) is 14.0 Å². The molecule has 3 aromatic carbocycles. The van der Waals surface area contributed by atoms with Crippen molar-refractivity contribution in [3.05, 3.63) is 88.6 Å². The van der Waals surface area contributed by atoms with Crippen LogP contribution in [0.5, 0.6) is 0 Å². The number of benzene rings is 3. The minimum Gasteiger partial charge on any atom is -0.372 e. The minimum absolute atomic E-state index is 0.0618. The van der Waals surface area contributed by atoms with E-state index in [1.807, 2.05) is 56.9 Å². The van der Waals surface area contributed by atoms with Crippen molar-refractivity contribution in [2.24, 2.45) is 5.73 Å². The van der Waals surface area contributed by atoms with Gasteiger partial charge in [0, 0.05) is 52.6 Å². The predicted molar refractivity (Wildman–Crippen MR) is 154 cm³/mol. The quantitative estimate of drug-likeness (QED) is 0.305.